The van der Waals surface area contributed by atoms with Crippen LogP contribution in [0, 0.1) is 6.92 Å². The second-order valence-corrected chi connectivity index (χ2v) is 8.85. The summed E-state index contributed by atoms with van der Waals surface area (Å²) in [6.45, 7) is 2.13. The highest BCUT2D eigenvalue weighted by molar-refractivity contribution is 6.07. The number of hydrogen-bond donors (Lipinski definition) is 0. The van der Waals surface area contributed by atoms with Gasteiger partial charge in [-0.15, -0.1) is 0 Å². The van der Waals surface area contributed by atoms with E-state index in [-0.39, 0.29) is 5.78 Å². The number of ether oxygens (including phenoxy) is 3. The average molecular weight is 519 g/mol. The predicted octanol–water partition coefficient (Wildman–Crippen LogP) is 7.44. The Bertz CT molecular complexity index is 1650. The summed E-state index contributed by atoms with van der Waals surface area (Å²) in [5.74, 6) is 1.38. The molecule has 0 N–H and O–H groups in total. The smallest absolute Gasteiger partial charge is 0.347 e. The third kappa shape index (κ3) is 6.08. The summed E-state index contributed by atoms with van der Waals surface area (Å²) >= 11 is 0. The number of rotatable bonds is 9. The van der Waals surface area contributed by atoms with Crippen LogP contribution in [-0.4, -0.2) is 18.9 Å². The van der Waals surface area contributed by atoms with Crippen molar-refractivity contribution in [3.63, 3.8) is 0 Å². The van der Waals surface area contributed by atoms with Gasteiger partial charge in [0, 0.05) is 10.9 Å². The molecular formula is C33H26O6. The molecule has 0 aliphatic rings. The van der Waals surface area contributed by atoms with Crippen molar-refractivity contribution in [1.82, 2.24) is 0 Å². The van der Waals surface area contributed by atoms with E-state index in [1.54, 1.807) is 56.5 Å². The third-order valence-corrected chi connectivity index (χ3v) is 6.16. The lowest BCUT2D eigenvalue weighted by atomic mass is 10.1. The zero-order valence-corrected chi connectivity index (χ0v) is 21.5. The fraction of sp³-hybridized carbons (Fsp3) is 0.0909. The van der Waals surface area contributed by atoms with Crippen LogP contribution in [0.2, 0.25) is 0 Å². The Morgan fingerprint density at radius 2 is 1.59 bits per heavy atom. The second-order valence-electron chi connectivity index (χ2n) is 8.85. The van der Waals surface area contributed by atoms with Gasteiger partial charge in [0.1, 0.15) is 40.8 Å². The molecule has 0 bridgehead atoms. The molecule has 6 nitrogen and oxygen atoms in total. The molecule has 0 unspecified atom stereocenters. The van der Waals surface area contributed by atoms with Crippen molar-refractivity contribution < 1.29 is 28.2 Å². The van der Waals surface area contributed by atoms with Gasteiger partial charge in [0.2, 0.25) is 0 Å². The topological polar surface area (TPSA) is 75.0 Å². The number of carbonyl (C=O) groups is 2. The second kappa shape index (κ2) is 11.5. The van der Waals surface area contributed by atoms with Crippen molar-refractivity contribution >= 4 is 28.8 Å². The Morgan fingerprint density at radius 3 is 2.36 bits per heavy atom. The number of esters is 1. The Balaban J connectivity index is 1.27. The van der Waals surface area contributed by atoms with Crippen LogP contribution in [0.25, 0.3) is 17.0 Å². The maximum atomic E-state index is 13.1. The first-order valence-corrected chi connectivity index (χ1v) is 12.4. The molecule has 0 saturated heterocycles. The molecule has 0 saturated carbocycles. The van der Waals surface area contributed by atoms with Crippen molar-refractivity contribution in [3.8, 4) is 17.2 Å². The number of benzene rings is 4. The van der Waals surface area contributed by atoms with Crippen molar-refractivity contribution in [3.05, 3.63) is 131 Å². The van der Waals surface area contributed by atoms with Crippen LogP contribution >= 0.6 is 0 Å². The maximum absolute atomic E-state index is 13.1. The first-order valence-electron chi connectivity index (χ1n) is 12.4. The van der Waals surface area contributed by atoms with Crippen LogP contribution in [0.1, 0.15) is 37.6 Å². The number of allylic oxidation sites excluding steroid dienone is 1. The molecule has 4 aromatic carbocycles. The van der Waals surface area contributed by atoms with Gasteiger partial charge >= 0.3 is 5.97 Å². The molecule has 6 heteroatoms. The van der Waals surface area contributed by atoms with Gasteiger partial charge in [-0.2, -0.15) is 0 Å². The van der Waals surface area contributed by atoms with Crippen LogP contribution in [0.4, 0.5) is 0 Å². The molecule has 0 aliphatic heterocycles. The van der Waals surface area contributed by atoms with E-state index in [0.29, 0.717) is 51.7 Å². The van der Waals surface area contributed by atoms with Crippen molar-refractivity contribution in [2.45, 2.75) is 13.5 Å². The summed E-state index contributed by atoms with van der Waals surface area (Å²) < 4.78 is 22.5. The van der Waals surface area contributed by atoms with Gasteiger partial charge in [0.05, 0.1) is 7.11 Å². The molecule has 0 amide bonds. The molecule has 1 heterocycles. The number of methoxy groups -OCH3 is 1. The van der Waals surface area contributed by atoms with Gasteiger partial charge < -0.3 is 18.6 Å². The van der Waals surface area contributed by atoms with Gasteiger partial charge in [0.25, 0.3) is 0 Å². The lowest BCUT2D eigenvalue weighted by Gasteiger charge is -2.07. The fourth-order valence-corrected chi connectivity index (χ4v) is 4.14. The minimum absolute atomic E-state index is 0.171. The number of ketones is 1. The van der Waals surface area contributed by atoms with Gasteiger partial charge in [-0.05, 0) is 78.7 Å². The number of aryl methyl sites for hydroxylation is 1. The van der Waals surface area contributed by atoms with Gasteiger partial charge in [-0.1, -0.05) is 48.5 Å². The van der Waals surface area contributed by atoms with Crippen LogP contribution in [-0.2, 0) is 6.61 Å². The molecule has 0 fully saturated rings. The standard InChI is InChI=1S/C33H26O6/c1-22-32(29-20-28(16-18-31(29)38-22)37-21-24-7-4-3-5-8-24)33(35)39-26-14-12-25(13-15-26)30(34)17-11-23-9-6-10-27(19-23)36-2/h3-20H,21H2,1-2H3. The van der Waals surface area contributed by atoms with E-state index in [1.807, 2.05) is 60.7 Å². The number of furan rings is 1. The molecule has 5 aromatic rings. The summed E-state index contributed by atoms with van der Waals surface area (Å²) in [6.07, 6.45) is 3.22. The first-order chi connectivity index (χ1) is 19.0. The van der Waals surface area contributed by atoms with E-state index in [1.165, 1.54) is 6.08 Å². The van der Waals surface area contributed by atoms with E-state index in [9.17, 15) is 9.59 Å². The fourth-order valence-electron chi connectivity index (χ4n) is 4.14. The van der Waals surface area contributed by atoms with Crippen LogP contribution < -0.4 is 14.2 Å². The predicted molar refractivity (Wildman–Crippen MR) is 149 cm³/mol. The number of hydrogen-bond acceptors (Lipinski definition) is 6. The van der Waals surface area contributed by atoms with Gasteiger partial charge in [-0.3, -0.25) is 4.79 Å². The van der Waals surface area contributed by atoms with E-state index in [4.69, 9.17) is 18.6 Å². The van der Waals surface area contributed by atoms with Crippen LogP contribution in [0.3, 0.4) is 0 Å². The lowest BCUT2D eigenvalue weighted by Crippen LogP contribution is -2.09. The molecule has 0 aliphatic carbocycles. The number of fused-ring (bicyclic) bond motifs is 1. The molecule has 0 spiro atoms. The Hall–Kier alpha value is -5.10. The average Bonchev–Trinajstić information content (AvgIpc) is 3.30. The monoisotopic (exact) mass is 518 g/mol. The quantitative estimate of drug-likeness (QED) is 0.0873. The Morgan fingerprint density at radius 1 is 0.821 bits per heavy atom. The highest BCUT2D eigenvalue weighted by Gasteiger charge is 2.21. The molecule has 0 atom stereocenters. The van der Waals surface area contributed by atoms with E-state index in [2.05, 4.69) is 0 Å². The number of carbonyl (C=O) groups excluding carboxylic acids is 2. The maximum Gasteiger partial charge on any atom is 0.347 e. The molecule has 5 rings (SSSR count). The molecule has 39 heavy (non-hydrogen) atoms. The summed E-state index contributed by atoms with van der Waals surface area (Å²) in [7, 11) is 1.59. The van der Waals surface area contributed by atoms with E-state index >= 15 is 0 Å². The molecule has 1 aromatic heterocycles. The molecule has 0 radical (unpaired) electrons. The minimum atomic E-state index is -0.552. The highest BCUT2D eigenvalue weighted by Crippen LogP contribution is 2.30. The minimum Gasteiger partial charge on any atom is -0.497 e. The summed E-state index contributed by atoms with van der Waals surface area (Å²) in [5, 5.41) is 0.609. The van der Waals surface area contributed by atoms with Crippen molar-refractivity contribution in [2.75, 3.05) is 7.11 Å². The van der Waals surface area contributed by atoms with Gasteiger partial charge in [0.15, 0.2) is 5.78 Å². The van der Waals surface area contributed by atoms with Crippen molar-refractivity contribution in [2.24, 2.45) is 0 Å². The SMILES string of the molecule is COc1cccc(C=CC(=O)c2ccc(OC(=O)c3c(C)oc4ccc(OCc5ccccc5)cc34)cc2)c1. The first kappa shape index (κ1) is 25.5. The van der Waals surface area contributed by atoms with E-state index in [0.717, 1.165) is 11.1 Å². The zero-order valence-electron chi connectivity index (χ0n) is 21.5. The Labute approximate surface area is 226 Å². The van der Waals surface area contributed by atoms with Crippen LogP contribution in [0.15, 0.2) is 108 Å². The highest BCUT2D eigenvalue weighted by atomic mass is 16.5. The van der Waals surface area contributed by atoms with Gasteiger partial charge in [-0.25, -0.2) is 4.79 Å². The van der Waals surface area contributed by atoms with Crippen LogP contribution in [0.5, 0.6) is 17.2 Å². The van der Waals surface area contributed by atoms with Crippen molar-refractivity contribution in [1.29, 1.82) is 0 Å². The Kier molecular flexibility index (Phi) is 7.55. The van der Waals surface area contributed by atoms with E-state index < -0.39 is 5.97 Å². The molecule has 194 valence electrons. The summed E-state index contributed by atoms with van der Waals surface area (Å²) in [4.78, 5) is 25.7. The summed E-state index contributed by atoms with van der Waals surface area (Å²) in [5.41, 5.74) is 3.26. The summed E-state index contributed by atoms with van der Waals surface area (Å²) in [6, 6.07) is 29.0. The largest absolute Gasteiger partial charge is 0.497 e. The third-order valence-electron chi connectivity index (χ3n) is 6.16. The zero-order chi connectivity index (χ0) is 27.2. The normalized spacial score (nSPS) is 11.0. The molecular weight excluding hydrogens is 492 g/mol. The lowest BCUT2D eigenvalue weighted by molar-refractivity contribution is 0.0734.